The second-order valence-electron chi connectivity index (χ2n) is 0.264. The molecule has 0 rings (SSSR count). The SMILES string of the molecule is N#C[I-]C#N. The Hall–Kier alpha value is -0.290. The fraction of sp³-hybridized carbons (Fsp3) is 0. The van der Waals surface area contributed by atoms with Crippen LogP contribution in [0, 0.1) is 18.7 Å². The van der Waals surface area contributed by atoms with E-state index in [4.69, 9.17) is 10.5 Å². The van der Waals surface area contributed by atoms with Gasteiger partial charge in [0, 0.05) is 0 Å². The summed E-state index contributed by atoms with van der Waals surface area (Å²) >= 11 is -0.758. The zero-order valence-electron chi connectivity index (χ0n) is 2.27. The fourth-order valence-electron chi connectivity index (χ4n) is 0.0189. The third-order valence-electron chi connectivity index (χ3n) is 0.0845. The number of rotatable bonds is 0. The van der Waals surface area contributed by atoms with E-state index in [-0.39, 0.29) is 0 Å². The zero-order chi connectivity index (χ0) is 4.12. The molecule has 0 saturated heterocycles. The van der Waals surface area contributed by atoms with Gasteiger partial charge in [0.2, 0.25) is 0 Å². The molecule has 3 heteroatoms. The van der Waals surface area contributed by atoms with Gasteiger partial charge in [0.25, 0.3) is 0 Å². The zero-order valence-corrected chi connectivity index (χ0v) is 4.43. The molecule has 0 spiro atoms. The van der Waals surface area contributed by atoms with Crippen LogP contribution in [0.15, 0.2) is 0 Å². The standard InChI is InChI=1S/C2IN2/c4-1-3-2-5/q-1. The molecule has 2 nitrogen and oxygen atoms in total. The van der Waals surface area contributed by atoms with Crippen LogP contribution >= 0.6 is 0 Å². The first kappa shape index (κ1) is 4.71. The molecule has 0 aliphatic rings. The summed E-state index contributed by atoms with van der Waals surface area (Å²) in [5.74, 6) is 0. The van der Waals surface area contributed by atoms with E-state index >= 15 is 0 Å². The van der Waals surface area contributed by atoms with E-state index in [9.17, 15) is 0 Å². The van der Waals surface area contributed by atoms with Gasteiger partial charge in [-0.05, 0) is 0 Å². The predicted octanol–water partition coefficient (Wildman–Crippen LogP) is -2.96. The van der Waals surface area contributed by atoms with Crippen LogP contribution in [-0.2, 0) is 0 Å². The van der Waals surface area contributed by atoms with Gasteiger partial charge in [-0.2, -0.15) is 0 Å². The van der Waals surface area contributed by atoms with Crippen LogP contribution in [0.25, 0.3) is 0 Å². The average molecular weight is 179 g/mol. The molecule has 0 atom stereocenters. The van der Waals surface area contributed by atoms with E-state index in [0.29, 0.717) is 0 Å². The molecular formula is C2IN2-. The van der Waals surface area contributed by atoms with Gasteiger partial charge in [-0.15, -0.1) is 0 Å². The number of halogens is 1. The van der Waals surface area contributed by atoms with E-state index in [1.54, 1.807) is 8.15 Å². The first-order valence-corrected chi connectivity index (χ1v) is 2.98. The summed E-state index contributed by atoms with van der Waals surface area (Å²) in [6.07, 6.45) is 0. The number of hydrogen-bond donors (Lipinski definition) is 0. The summed E-state index contributed by atoms with van der Waals surface area (Å²) in [5.41, 5.74) is 0. The van der Waals surface area contributed by atoms with E-state index in [1.165, 1.54) is 0 Å². The van der Waals surface area contributed by atoms with Crippen molar-refractivity contribution < 1.29 is 21.2 Å². The molecule has 0 aliphatic heterocycles. The molecule has 0 N–H and O–H groups in total. The summed E-state index contributed by atoms with van der Waals surface area (Å²) in [5, 5.41) is 15.3. The van der Waals surface area contributed by atoms with Crippen LogP contribution in [0.2, 0.25) is 0 Å². The van der Waals surface area contributed by atoms with Crippen molar-refractivity contribution in [1.29, 1.82) is 10.5 Å². The Kier molecular flexibility index (Phi) is 3.49. The molecule has 0 radical (unpaired) electrons. The molecule has 0 fully saturated rings. The van der Waals surface area contributed by atoms with Crippen LogP contribution < -0.4 is 21.2 Å². The molecule has 0 aliphatic carbocycles. The Balaban J connectivity index is 2.86. The van der Waals surface area contributed by atoms with Crippen molar-refractivity contribution in [3.05, 3.63) is 0 Å². The Morgan fingerprint density at radius 3 is 1.60 bits per heavy atom. The molecule has 5 heavy (non-hydrogen) atoms. The molecule has 0 aromatic carbocycles. The monoisotopic (exact) mass is 179 g/mol. The van der Waals surface area contributed by atoms with Crippen LogP contribution in [0.3, 0.4) is 0 Å². The maximum absolute atomic E-state index is 7.64. The molecule has 0 amide bonds. The van der Waals surface area contributed by atoms with Crippen molar-refractivity contribution >= 4 is 0 Å². The van der Waals surface area contributed by atoms with E-state index < -0.39 is 21.2 Å². The van der Waals surface area contributed by atoms with Crippen molar-refractivity contribution in [2.24, 2.45) is 0 Å². The Labute approximate surface area is 40.3 Å². The van der Waals surface area contributed by atoms with Gasteiger partial charge in [0.1, 0.15) is 0 Å². The number of nitrogens with zero attached hydrogens (tertiary/aromatic N) is 2. The van der Waals surface area contributed by atoms with Gasteiger partial charge in [-0.3, -0.25) is 0 Å². The molecule has 0 saturated carbocycles. The van der Waals surface area contributed by atoms with Gasteiger partial charge < -0.3 is 0 Å². The van der Waals surface area contributed by atoms with E-state index in [0.717, 1.165) is 0 Å². The van der Waals surface area contributed by atoms with Crippen molar-refractivity contribution in [2.45, 2.75) is 0 Å². The van der Waals surface area contributed by atoms with Crippen molar-refractivity contribution in [3.63, 3.8) is 0 Å². The van der Waals surface area contributed by atoms with Gasteiger partial charge >= 0.3 is 39.9 Å². The molecule has 0 bridgehead atoms. The normalized spacial score (nSPS) is 5.20. The second kappa shape index (κ2) is 3.71. The number of hydrogen-bond acceptors (Lipinski definition) is 2. The second-order valence-corrected chi connectivity index (χ2v) is 1.77. The first-order valence-electron chi connectivity index (χ1n) is 0.825. The van der Waals surface area contributed by atoms with Gasteiger partial charge in [-0.1, -0.05) is 0 Å². The quantitative estimate of drug-likeness (QED) is 0.373. The first-order chi connectivity index (χ1) is 2.41. The van der Waals surface area contributed by atoms with Crippen LogP contribution in [-0.4, -0.2) is 0 Å². The summed E-state index contributed by atoms with van der Waals surface area (Å²) < 4.78 is 3.53. The minimum atomic E-state index is -0.758. The Morgan fingerprint density at radius 1 is 1.20 bits per heavy atom. The van der Waals surface area contributed by atoms with Crippen LogP contribution in [0.4, 0.5) is 0 Å². The summed E-state index contributed by atoms with van der Waals surface area (Å²) in [6.45, 7) is 0. The summed E-state index contributed by atoms with van der Waals surface area (Å²) in [7, 11) is 0. The molecular weight excluding hydrogens is 179 g/mol. The summed E-state index contributed by atoms with van der Waals surface area (Å²) in [4.78, 5) is 0. The summed E-state index contributed by atoms with van der Waals surface area (Å²) in [6, 6.07) is 0. The van der Waals surface area contributed by atoms with Crippen molar-refractivity contribution in [1.82, 2.24) is 0 Å². The van der Waals surface area contributed by atoms with E-state index in [2.05, 4.69) is 0 Å². The molecule has 0 aromatic rings. The number of nitriles is 2. The van der Waals surface area contributed by atoms with Crippen LogP contribution in [0.5, 0.6) is 0 Å². The maximum atomic E-state index is 7.64. The van der Waals surface area contributed by atoms with Gasteiger partial charge in [0.05, 0.1) is 0 Å². The van der Waals surface area contributed by atoms with Gasteiger partial charge in [0.15, 0.2) is 0 Å². The molecule has 0 unspecified atom stereocenters. The minimum absolute atomic E-state index is 0.758. The molecule has 26 valence electrons. The van der Waals surface area contributed by atoms with Crippen molar-refractivity contribution in [3.8, 4) is 8.15 Å². The third-order valence-corrected chi connectivity index (χ3v) is 0.567. The Bertz CT molecular complexity index is 72.8. The molecule has 0 aromatic heterocycles. The van der Waals surface area contributed by atoms with E-state index in [1.807, 2.05) is 0 Å². The third kappa shape index (κ3) is 3.71. The van der Waals surface area contributed by atoms with Crippen molar-refractivity contribution in [2.75, 3.05) is 0 Å². The average Bonchev–Trinajstić information content (AvgIpc) is 1.41. The van der Waals surface area contributed by atoms with Gasteiger partial charge in [-0.25, -0.2) is 0 Å². The fourth-order valence-corrected chi connectivity index (χ4v) is 0.127. The topological polar surface area (TPSA) is 47.6 Å². The molecule has 0 heterocycles. The predicted molar refractivity (Wildman–Crippen MR) is 11.2 cm³/mol. The van der Waals surface area contributed by atoms with Crippen LogP contribution in [0.1, 0.15) is 0 Å². The Morgan fingerprint density at radius 2 is 1.60 bits per heavy atom.